The van der Waals surface area contributed by atoms with Gasteiger partial charge in [0, 0.05) is 7.11 Å². The molecule has 0 spiro atoms. The Morgan fingerprint density at radius 2 is 1.15 bits per heavy atom. The summed E-state index contributed by atoms with van der Waals surface area (Å²) < 4.78 is 143. The molecule has 0 bridgehead atoms. The molecule has 1 saturated heterocycles. The summed E-state index contributed by atoms with van der Waals surface area (Å²) in [5, 5.41) is 0. The fourth-order valence-corrected chi connectivity index (χ4v) is 1.39. The van der Waals surface area contributed by atoms with Crippen molar-refractivity contribution >= 4 is 0 Å². The van der Waals surface area contributed by atoms with E-state index in [2.05, 4.69) is 4.74 Å². The number of hydrogen-bond donors (Lipinski definition) is 0. The zero-order valence-corrected chi connectivity index (χ0v) is 9.09. The molecule has 0 aromatic carbocycles. The van der Waals surface area contributed by atoms with Gasteiger partial charge in [-0.05, 0) is 0 Å². The van der Waals surface area contributed by atoms with Gasteiger partial charge >= 0.3 is 30.0 Å². The van der Waals surface area contributed by atoms with Crippen molar-refractivity contribution in [3.8, 4) is 0 Å². The summed E-state index contributed by atoms with van der Waals surface area (Å²) in [7, 11) is -0.0325. The number of halogens is 11. The first-order valence-electron chi connectivity index (χ1n) is 4.46. The maximum atomic E-state index is 13.0. The SMILES string of the molecule is COC(F)(F)C(F)N1C(F)(F)C(F)(F)C(F)(F)C1(F)F. The number of nitrogens with zero attached hydrogens (tertiary/aromatic N) is 1. The minimum absolute atomic E-state index is 0.0325. The van der Waals surface area contributed by atoms with Crippen molar-refractivity contribution in [1.29, 1.82) is 0 Å². The highest BCUT2D eigenvalue weighted by Crippen LogP contribution is 2.64. The van der Waals surface area contributed by atoms with Gasteiger partial charge in [-0.2, -0.15) is 43.9 Å². The highest BCUT2D eigenvalue weighted by atomic mass is 19.4. The van der Waals surface area contributed by atoms with Crippen LogP contribution in [0.15, 0.2) is 0 Å². The summed E-state index contributed by atoms with van der Waals surface area (Å²) in [6.45, 7) is 0. The number of rotatable bonds is 3. The average Bonchev–Trinajstić information content (AvgIpc) is 2.33. The minimum atomic E-state index is -6.78. The molecule has 1 atom stereocenters. The molecule has 1 aliphatic heterocycles. The summed E-state index contributed by atoms with van der Waals surface area (Å²) in [5.74, 6) is -13.6. The monoisotopic (exact) mass is 327 g/mol. The molecule has 0 N–H and O–H groups in total. The Morgan fingerprint density at radius 1 is 0.850 bits per heavy atom. The van der Waals surface area contributed by atoms with Crippen LogP contribution >= 0.6 is 0 Å². The summed E-state index contributed by atoms with van der Waals surface area (Å²) in [6.07, 6.45) is -10.4. The summed E-state index contributed by atoms with van der Waals surface area (Å²) >= 11 is 0. The van der Waals surface area contributed by atoms with E-state index in [9.17, 15) is 48.3 Å². The van der Waals surface area contributed by atoms with Crippen molar-refractivity contribution in [2.75, 3.05) is 7.11 Å². The van der Waals surface area contributed by atoms with E-state index in [1.165, 1.54) is 0 Å². The van der Waals surface area contributed by atoms with Crippen LogP contribution < -0.4 is 0 Å². The first kappa shape index (κ1) is 17.2. The van der Waals surface area contributed by atoms with Crippen LogP contribution in [0.3, 0.4) is 0 Å². The van der Waals surface area contributed by atoms with Crippen LogP contribution in [0.25, 0.3) is 0 Å². The van der Waals surface area contributed by atoms with Crippen molar-refractivity contribution in [1.82, 2.24) is 4.90 Å². The van der Waals surface area contributed by atoms with Gasteiger partial charge in [0.1, 0.15) is 0 Å². The average molecular weight is 327 g/mol. The van der Waals surface area contributed by atoms with Crippen molar-refractivity contribution in [3.05, 3.63) is 0 Å². The molecule has 1 heterocycles. The molecule has 20 heavy (non-hydrogen) atoms. The van der Waals surface area contributed by atoms with E-state index in [1.807, 2.05) is 0 Å². The molecular weight excluding hydrogens is 323 g/mol. The fraction of sp³-hybridized carbons (Fsp3) is 1.00. The Morgan fingerprint density at radius 3 is 1.40 bits per heavy atom. The van der Waals surface area contributed by atoms with Gasteiger partial charge in [-0.1, -0.05) is 0 Å². The Labute approximate surface area is 103 Å². The van der Waals surface area contributed by atoms with E-state index < -0.39 is 41.2 Å². The predicted molar refractivity (Wildman–Crippen MR) is 38.5 cm³/mol. The second kappa shape index (κ2) is 4.08. The summed E-state index contributed by atoms with van der Waals surface area (Å²) in [6, 6.07) is -13.2. The van der Waals surface area contributed by atoms with Gasteiger partial charge in [0.25, 0.3) is 6.30 Å². The van der Waals surface area contributed by atoms with Gasteiger partial charge in [-0.3, -0.25) is 0 Å². The third-order valence-corrected chi connectivity index (χ3v) is 2.53. The number of ether oxygens (including phenoxy) is 1. The zero-order valence-electron chi connectivity index (χ0n) is 9.09. The largest absolute Gasteiger partial charge is 0.400 e. The van der Waals surface area contributed by atoms with E-state index in [0.717, 1.165) is 0 Å². The van der Waals surface area contributed by atoms with Gasteiger partial charge < -0.3 is 4.74 Å². The third-order valence-electron chi connectivity index (χ3n) is 2.53. The van der Waals surface area contributed by atoms with E-state index in [4.69, 9.17) is 0 Å². The zero-order chi connectivity index (χ0) is 16.4. The molecule has 2 nitrogen and oxygen atoms in total. The lowest BCUT2D eigenvalue weighted by atomic mass is 10.2. The van der Waals surface area contributed by atoms with Crippen LogP contribution in [-0.2, 0) is 4.74 Å². The molecule has 120 valence electrons. The van der Waals surface area contributed by atoms with Crippen LogP contribution in [0.2, 0.25) is 0 Å². The van der Waals surface area contributed by atoms with Crippen LogP contribution in [0, 0.1) is 0 Å². The van der Waals surface area contributed by atoms with Crippen molar-refractivity contribution < 1.29 is 53.0 Å². The number of methoxy groups -OCH3 is 1. The quantitative estimate of drug-likeness (QED) is 0.583. The van der Waals surface area contributed by atoms with Gasteiger partial charge in [-0.15, -0.1) is 4.90 Å². The van der Waals surface area contributed by atoms with Gasteiger partial charge in [0.05, 0.1) is 0 Å². The van der Waals surface area contributed by atoms with Crippen molar-refractivity contribution in [2.24, 2.45) is 0 Å². The van der Waals surface area contributed by atoms with E-state index >= 15 is 0 Å². The molecule has 0 saturated carbocycles. The minimum Gasteiger partial charge on any atom is -0.320 e. The number of alkyl halides is 11. The highest BCUT2D eigenvalue weighted by Gasteiger charge is 2.94. The van der Waals surface area contributed by atoms with E-state index in [-0.39, 0.29) is 7.11 Å². The summed E-state index contributed by atoms with van der Waals surface area (Å²) in [4.78, 5) is -2.89. The lowest BCUT2D eigenvalue weighted by molar-refractivity contribution is -0.372. The van der Waals surface area contributed by atoms with Crippen LogP contribution in [-0.4, -0.2) is 48.4 Å². The Kier molecular flexibility index (Phi) is 3.51. The summed E-state index contributed by atoms with van der Waals surface area (Å²) in [5.41, 5.74) is 0. The second-order valence-corrected chi connectivity index (χ2v) is 3.70. The third kappa shape index (κ3) is 1.71. The Balaban J connectivity index is 3.47. The van der Waals surface area contributed by atoms with Crippen LogP contribution in [0.1, 0.15) is 0 Å². The second-order valence-electron chi connectivity index (χ2n) is 3.70. The van der Waals surface area contributed by atoms with Gasteiger partial charge in [0.15, 0.2) is 0 Å². The van der Waals surface area contributed by atoms with E-state index in [1.54, 1.807) is 0 Å². The van der Waals surface area contributed by atoms with Gasteiger partial charge in [-0.25, -0.2) is 4.39 Å². The molecule has 1 rings (SSSR count). The highest BCUT2D eigenvalue weighted by molar-refractivity contribution is 5.13. The first-order chi connectivity index (χ1) is 8.59. The molecule has 0 aliphatic carbocycles. The van der Waals surface area contributed by atoms with Gasteiger partial charge in [0.2, 0.25) is 0 Å². The molecule has 0 aromatic heterocycles. The molecule has 1 aliphatic rings. The first-order valence-corrected chi connectivity index (χ1v) is 4.46. The molecule has 1 unspecified atom stereocenters. The number of likely N-dealkylation sites (tertiary alicyclic amines) is 1. The molecule has 0 aromatic rings. The lowest BCUT2D eigenvalue weighted by Crippen LogP contribution is -2.59. The lowest BCUT2D eigenvalue weighted by Gasteiger charge is -2.33. The molecule has 1 fully saturated rings. The Hall–Kier alpha value is -0.850. The van der Waals surface area contributed by atoms with Crippen LogP contribution in [0.5, 0.6) is 0 Å². The standard InChI is InChI=1S/C7H4F11NO/c1-20-3(9,10)2(8)19-6(15,16)4(11,12)5(13,14)7(19,17)18/h2H,1H3. The normalized spacial score (nSPS) is 29.4. The fourth-order valence-electron chi connectivity index (χ4n) is 1.39. The van der Waals surface area contributed by atoms with E-state index in [0.29, 0.717) is 0 Å². The topological polar surface area (TPSA) is 12.5 Å². The molecule has 0 radical (unpaired) electrons. The van der Waals surface area contributed by atoms with Crippen molar-refractivity contribution in [2.45, 2.75) is 36.3 Å². The van der Waals surface area contributed by atoms with Crippen molar-refractivity contribution in [3.63, 3.8) is 0 Å². The maximum absolute atomic E-state index is 13.0. The molecule has 0 amide bonds. The Bertz CT molecular complexity index is 368. The molecular formula is C7H4F11NO. The number of hydrogen-bond acceptors (Lipinski definition) is 2. The predicted octanol–water partition coefficient (Wildman–Crippen LogP) is 3.29. The molecule has 13 heteroatoms. The van der Waals surface area contributed by atoms with Crippen LogP contribution in [0.4, 0.5) is 48.3 Å². The smallest absolute Gasteiger partial charge is 0.320 e. The maximum Gasteiger partial charge on any atom is 0.400 e.